The molecule has 0 radical (unpaired) electrons. The van der Waals surface area contributed by atoms with Crippen LogP contribution in [0.2, 0.25) is 5.02 Å². The van der Waals surface area contributed by atoms with Crippen molar-refractivity contribution in [2.75, 3.05) is 11.6 Å². The predicted molar refractivity (Wildman–Crippen MR) is 82.3 cm³/mol. The van der Waals surface area contributed by atoms with Crippen molar-refractivity contribution in [2.45, 2.75) is 11.8 Å². The molecule has 0 fully saturated rings. The number of rotatable bonds is 3. The van der Waals surface area contributed by atoms with Gasteiger partial charge in [-0.1, -0.05) is 17.7 Å². The molecule has 0 saturated heterocycles. The van der Waals surface area contributed by atoms with Gasteiger partial charge in [-0.05, 0) is 49.1 Å². The van der Waals surface area contributed by atoms with E-state index in [1.807, 2.05) is 19.2 Å². The molecule has 0 saturated carbocycles. The van der Waals surface area contributed by atoms with E-state index in [1.165, 1.54) is 17.8 Å². The smallest absolute Gasteiger partial charge is 0.257 e. The molecule has 0 bridgehead atoms. The summed E-state index contributed by atoms with van der Waals surface area (Å²) >= 11 is 7.53. The zero-order chi connectivity index (χ0) is 14.7. The second-order valence-corrected chi connectivity index (χ2v) is 5.57. The molecule has 0 aliphatic rings. The highest BCUT2D eigenvalue weighted by atomic mass is 35.5. The number of nitrogens with one attached hydrogen (secondary N) is 1. The van der Waals surface area contributed by atoms with Crippen molar-refractivity contribution < 1.29 is 9.18 Å². The molecule has 1 amide bonds. The molecule has 0 atom stereocenters. The van der Waals surface area contributed by atoms with Gasteiger partial charge in [0.1, 0.15) is 5.82 Å². The zero-order valence-corrected chi connectivity index (χ0v) is 12.6. The first-order valence-electron chi connectivity index (χ1n) is 5.92. The summed E-state index contributed by atoms with van der Waals surface area (Å²) in [5.74, 6) is -0.892. The Morgan fingerprint density at radius 3 is 2.70 bits per heavy atom. The molecule has 104 valence electrons. The minimum absolute atomic E-state index is 0.153. The van der Waals surface area contributed by atoms with Crippen molar-refractivity contribution in [1.29, 1.82) is 0 Å². The first-order valence-corrected chi connectivity index (χ1v) is 7.52. The molecule has 2 nitrogen and oxygen atoms in total. The van der Waals surface area contributed by atoms with E-state index in [0.29, 0.717) is 10.6 Å². The number of carbonyl (C=O) groups is 1. The Hall–Kier alpha value is -1.52. The Labute approximate surface area is 126 Å². The van der Waals surface area contributed by atoms with Crippen LogP contribution in [0.1, 0.15) is 15.9 Å². The van der Waals surface area contributed by atoms with Crippen LogP contribution in [0.3, 0.4) is 0 Å². The topological polar surface area (TPSA) is 29.1 Å². The summed E-state index contributed by atoms with van der Waals surface area (Å²) in [7, 11) is 0. The quantitative estimate of drug-likeness (QED) is 0.828. The molecule has 0 aliphatic heterocycles. The lowest BCUT2D eigenvalue weighted by atomic mass is 10.2. The average Bonchev–Trinajstić information content (AvgIpc) is 2.43. The van der Waals surface area contributed by atoms with E-state index in [0.717, 1.165) is 10.5 Å². The molecule has 0 aliphatic carbocycles. The van der Waals surface area contributed by atoms with Crippen LogP contribution >= 0.6 is 23.4 Å². The van der Waals surface area contributed by atoms with Gasteiger partial charge < -0.3 is 5.32 Å². The number of hydrogen-bond donors (Lipinski definition) is 1. The van der Waals surface area contributed by atoms with Gasteiger partial charge in [0.15, 0.2) is 0 Å². The van der Waals surface area contributed by atoms with E-state index in [9.17, 15) is 9.18 Å². The predicted octanol–water partition coefficient (Wildman–Crippen LogP) is 4.76. The standard InChI is InChI=1S/C15H13ClFNOS/c1-9-3-6-13(17)14(7-9)18-15(19)11-8-10(20-2)4-5-12(11)16/h3-8H,1-2H3,(H,18,19). The van der Waals surface area contributed by atoms with Gasteiger partial charge >= 0.3 is 0 Å². The molecular weight excluding hydrogens is 297 g/mol. The van der Waals surface area contributed by atoms with Gasteiger partial charge in [0.2, 0.25) is 0 Å². The summed E-state index contributed by atoms with van der Waals surface area (Å²) in [5, 5.41) is 2.89. The summed E-state index contributed by atoms with van der Waals surface area (Å²) < 4.78 is 13.6. The van der Waals surface area contributed by atoms with Crippen molar-refractivity contribution in [2.24, 2.45) is 0 Å². The molecule has 0 aromatic heterocycles. The Morgan fingerprint density at radius 2 is 2.00 bits per heavy atom. The maximum absolute atomic E-state index is 13.6. The Morgan fingerprint density at radius 1 is 1.25 bits per heavy atom. The summed E-state index contributed by atoms with van der Waals surface area (Å²) in [6.07, 6.45) is 1.91. The molecule has 5 heteroatoms. The van der Waals surface area contributed by atoms with Crippen LogP contribution in [0.4, 0.5) is 10.1 Å². The van der Waals surface area contributed by atoms with Crippen LogP contribution in [0, 0.1) is 12.7 Å². The molecule has 20 heavy (non-hydrogen) atoms. The highest BCUT2D eigenvalue weighted by Gasteiger charge is 2.13. The van der Waals surface area contributed by atoms with Crippen molar-refractivity contribution in [1.82, 2.24) is 0 Å². The Bertz CT molecular complexity index is 660. The van der Waals surface area contributed by atoms with E-state index in [1.54, 1.807) is 24.3 Å². The normalized spacial score (nSPS) is 10.4. The second kappa shape index (κ2) is 6.29. The average molecular weight is 310 g/mol. The summed E-state index contributed by atoms with van der Waals surface area (Å²) in [5.41, 5.74) is 1.35. The third-order valence-corrected chi connectivity index (χ3v) is 3.84. The molecule has 0 unspecified atom stereocenters. The van der Waals surface area contributed by atoms with E-state index >= 15 is 0 Å². The number of benzene rings is 2. The third-order valence-electron chi connectivity index (χ3n) is 2.79. The fraction of sp³-hybridized carbons (Fsp3) is 0.133. The van der Waals surface area contributed by atoms with Crippen molar-refractivity contribution in [3.05, 3.63) is 58.4 Å². The first-order chi connectivity index (χ1) is 9.51. The van der Waals surface area contributed by atoms with E-state index < -0.39 is 11.7 Å². The minimum Gasteiger partial charge on any atom is -0.319 e. The number of hydrogen-bond acceptors (Lipinski definition) is 2. The number of thioether (sulfide) groups is 1. The Balaban J connectivity index is 2.30. The number of amides is 1. The largest absolute Gasteiger partial charge is 0.319 e. The van der Waals surface area contributed by atoms with Gasteiger partial charge in [-0.3, -0.25) is 4.79 Å². The monoisotopic (exact) mass is 309 g/mol. The molecular formula is C15H13ClFNOS. The van der Waals surface area contributed by atoms with Crippen molar-refractivity contribution in [3.8, 4) is 0 Å². The Kier molecular flexibility index (Phi) is 4.68. The van der Waals surface area contributed by atoms with Crippen molar-refractivity contribution in [3.63, 3.8) is 0 Å². The molecule has 0 spiro atoms. The lowest BCUT2D eigenvalue weighted by molar-refractivity contribution is 0.102. The highest BCUT2D eigenvalue weighted by Crippen LogP contribution is 2.24. The van der Waals surface area contributed by atoms with E-state index in [2.05, 4.69) is 5.32 Å². The van der Waals surface area contributed by atoms with Gasteiger partial charge in [0, 0.05) is 4.90 Å². The number of halogens is 2. The number of carbonyl (C=O) groups excluding carboxylic acids is 1. The molecule has 2 rings (SSSR count). The lowest BCUT2D eigenvalue weighted by Crippen LogP contribution is -2.13. The lowest BCUT2D eigenvalue weighted by Gasteiger charge is -2.09. The van der Waals surface area contributed by atoms with Crippen LogP contribution in [-0.2, 0) is 0 Å². The van der Waals surface area contributed by atoms with Crippen molar-refractivity contribution >= 4 is 35.0 Å². The second-order valence-electron chi connectivity index (χ2n) is 4.28. The van der Waals surface area contributed by atoms with Crippen LogP contribution in [-0.4, -0.2) is 12.2 Å². The van der Waals surface area contributed by atoms with Gasteiger partial charge in [-0.2, -0.15) is 0 Å². The molecule has 1 N–H and O–H groups in total. The fourth-order valence-corrected chi connectivity index (χ4v) is 2.37. The SMILES string of the molecule is CSc1ccc(Cl)c(C(=O)Nc2cc(C)ccc2F)c1. The molecule has 0 heterocycles. The number of aryl methyl sites for hydroxylation is 1. The summed E-state index contributed by atoms with van der Waals surface area (Å²) in [6, 6.07) is 9.73. The summed E-state index contributed by atoms with van der Waals surface area (Å²) in [6.45, 7) is 1.83. The van der Waals surface area contributed by atoms with Gasteiger partial charge in [0.05, 0.1) is 16.3 Å². The van der Waals surface area contributed by atoms with Gasteiger partial charge in [-0.15, -0.1) is 11.8 Å². The van der Waals surface area contributed by atoms with Crippen LogP contribution < -0.4 is 5.32 Å². The maximum atomic E-state index is 13.6. The maximum Gasteiger partial charge on any atom is 0.257 e. The first kappa shape index (κ1) is 14.9. The van der Waals surface area contributed by atoms with E-state index in [-0.39, 0.29) is 5.69 Å². The number of anilines is 1. The highest BCUT2D eigenvalue weighted by molar-refractivity contribution is 7.98. The fourth-order valence-electron chi connectivity index (χ4n) is 1.73. The zero-order valence-electron chi connectivity index (χ0n) is 11.0. The third kappa shape index (κ3) is 3.32. The van der Waals surface area contributed by atoms with Crippen LogP contribution in [0.25, 0.3) is 0 Å². The van der Waals surface area contributed by atoms with Crippen LogP contribution in [0.5, 0.6) is 0 Å². The molecule has 2 aromatic rings. The van der Waals surface area contributed by atoms with Crippen LogP contribution in [0.15, 0.2) is 41.3 Å². The molecule has 2 aromatic carbocycles. The van der Waals surface area contributed by atoms with Gasteiger partial charge in [0.25, 0.3) is 5.91 Å². The minimum atomic E-state index is -0.471. The summed E-state index contributed by atoms with van der Waals surface area (Å²) in [4.78, 5) is 13.1. The van der Waals surface area contributed by atoms with E-state index in [4.69, 9.17) is 11.6 Å². The van der Waals surface area contributed by atoms with Gasteiger partial charge in [-0.25, -0.2) is 4.39 Å².